The van der Waals surface area contributed by atoms with Crippen LogP contribution in [0, 0.1) is 0 Å². The monoisotopic (exact) mass is 428 g/mol. The van der Waals surface area contributed by atoms with Crippen LogP contribution in [-0.4, -0.2) is 38.1 Å². The number of aromatic nitrogens is 1. The summed E-state index contributed by atoms with van der Waals surface area (Å²) in [7, 11) is 3.72. The Morgan fingerprint density at radius 2 is 1.72 bits per heavy atom. The summed E-state index contributed by atoms with van der Waals surface area (Å²) in [6.45, 7) is 1.78. The highest BCUT2D eigenvalue weighted by molar-refractivity contribution is 5.84. The lowest BCUT2D eigenvalue weighted by Crippen LogP contribution is -3.08. The molecule has 0 saturated heterocycles. The summed E-state index contributed by atoms with van der Waals surface area (Å²) in [4.78, 5) is 17.3. The van der Waals surface area contributed by atoms with E-state index < -0.39 is 0 Å². The van der Waals surface area contributed by atoms with Gasteiger partial charge in [-0.1, -0.05) is 60.7 Å². The van der Waals surface area contributed by atoms with Gasteiger partial charge in [0.1, 0.15) is 12.3 Å². The largest absolute Gasteiger partial charge is 0.497 e. The number of nitrogens with one attached hydrogen (secondary N) is 3. The second-order valence-electron chi connectivity index (χ2n) is 8.22. The van der Waals surface area contributed by atoms with E-state index in [1.807, 2.05) is 49.5 Å². The zero-order valence-electron chi connectivity index (χ0n) is 18.6. The maximum absolute atomic E-state index is 12.8. The Balaban J connectivity index is 1.48. The summed E-state index contributed by atoms with van der Waals surface area (Å²) < 4.78 is 5.32. The van der Waals surface area contributed by atoms with Gasteiger partial charge in [-0.2, -0.15) is 0 Å². The first-order valence-electron chi connectivity index (χ1n) is 11.0. The number of carbonyl (C=O) groups excluding carboxylic acids is 1. The Hall–Kier alpha value is -3.57. The van der Waals surface area contributed by atoms with Crippen molar-refractivity contribution >= 4 is 16.8 Å². The molecule has 0 aliphatic heterocycles. The molecule has 3 aromatic carbocycles. The van der Waals surface area contributed by atoms with Crippen molar-refractivity contribution in [3.05, 3.63) is 102 Å². The molecule has 2 atom stereocenters. The molecular weight excluding hydrogens is 398 g/mol. The molecule has 0 saturated carbocycles. The van der Waals surface area contributed by atoms with Gasteiger partial charge in [-0.3, -0.25) is 4.79 Å². The highest BCUT2D eigenvalue weighted by Gasteiger charge is 2.20. The van der Waals surface area contributed by atoms with E-state index in [2.05, 4.69) is 52.9 Å². The highest BCUT2D eigenvalue weighted by atomic mass is 16.5. The molecule has 5 heteroatoms. The van der Waals surface area contributed by atoms with Crippen LogP contribution in [0.1, 0.15) is 22.6 Å². The second-order valence-corrected chi connectivity index (χ2v) is 8.22. The van der Waals surface area contributed by atoms with Crippen LogP contribution in [0.25, 0.3) is 10.9 Å². The van der Waals surface area contributed by atoms with Crippen molar-refractivity contribution in [3.63, 3.8) is 0 Å². The molecule has 0 radical (unpaired) electrons. The van der Waals surface area contributed by atoms with Crippen LogP contribution in [0.15, 0.2) is 85.1 Å². The molecular formula is C27H30N3O2+. The minimum absolute atomic E-state index is 0.0374. The average molecular weight is 429 g/mol. The van der Waals surface area contributed by atoms with Crippen LogP contribution >= 0.6 is 0 Å². The van der Waals surface area contributed by atoms with E-state index in [-0.39, 0.29) is 11.8 Å². The molecule has 3 N–H and O–H groups in total. The molecule has 0 fully saturated rings. The average Bonchev–Trinajstić information content (AvgIpc) is 3.24. The lowest BCUT2D eigenvalue weighted by Gasteiger charge is -2.20. The van der Waals surface area contributed by atoms with Crippen molar-refractivity contribution in [2.24, 2.45) is 0 Å². The summed E-state index contributed by atoms with van der Waals surface area (Å²) in [6.07, 6.45) is 2.05. The molecule has 1 amide bonds. The van der Waals surface area contributed by atoms with Gasteiger partial charge in [0.25, 0.3) is 5.91 Å². The number of rotatable bonds is 9. The van der Waals surface area contributed by atoms with E-state index in [0.29, 0.717) is 13.1 Å². The van der Waals surface area contributed by atoms with E-state index in [0.717, 1.165) is 28.3 Å². The molecule has 1 heterocycles. The van der Waals surface area contributed by atoms with Crippen molar-refractivity contribution in [1.82, 2.24) is 10.3 Å². The zero-order valence-corrected chi connectivity index (χ0v) is 18.6. The Kier molecular flexibility index (Phi) is 6.87. The fourth-order valence-corrected chi connectivity index (χ4v) is 4.19. The van der Waals surface area contributed by atoms with Crippen LogP contribution in [-0.2, 0) is 11.3 Å². The molecule has 32 heavy (non-hydrogen) atoms. The SMILES string of the molecule is COc1ccc([C@H](CNC(=O)C[NH+](C)Cc2ccccc2)c2c[nH]c3ccccc23)cc1. The summed E-state index contributed by atoms with van der Waals surface area (Å²) in [6, 6.07) is 26.6. The molecule has 0 aliphatic carbocycles. The molecule has 0 bridgehead atoms. The van der Waals surface area contributed by atoms with E-state index >= 15 is 0 Å². The van der Waals surface area contributed by atoms with Gasteiger partial charge in [0.05, 0.1) is 14.2 Å². The molecule has 4 rings (SSSR count). The quantitative estimate of drug-likeness (QED) is 0.384. The third kappa shape index (κ3) is 5.18. The molecule has 164 valence electrons. The van der Waals surface area contributed by atoms with Crippen molar-refractivity contribution in [1.29, 1.82) is 0 Å². The number of amides is 1. The van der Waals surface area contributed by atoms with Crippen LogP contribution in [0.5, 0.6) is 5.75 Å². The number of ether oxygens (including phenoxy) is 1. The standard InChI is InChI=1S/C27H29N3O2/c1-30(18-20-8-4-3-5-9-20)19-27(31)29-16-24(21-12-14-22(32-2)15-13-21)25-17-28-26-11-7-6-10-23(25)26/h3-15,17,24,28H,16,18-19H2,1-2H3,(H,29,31)/p+1/t24-/m0/s1. The van der Waals surface area contributed by atoms with E-state index in [9.17, 15) is 4.79 Å². The number of aromatic amines is 1. The van der Waals surface area contributed by atoms with Gasteiger partial charge in [0, 0.05) is 35.1 Å². The van der Waals surface area contributed by atoms with E-state index in [4.69, 9.17) is 4.74 Å². The predicted molar refractivity (Wildman–Crippen MR) is 128 cm³/mol. The fraction of sp³-hybridized carbons (Fsp3) is 0.222. The number of benzene rings is 3. The Bertz CT molecular complexity index is 1150. The minimum Gasteiger partial charge on any atom is -0.497 e. The van der Waals surface area contributed by atoms with Crippen LogP contribution in [0.4, 0.5) is 0 Å². The van der Waals surface area contributed by atoms with E-state index in [1.54, 1.807) is 7.11 Å². The molecule has 4 aromatic rings. The first-order valence-corrected chi connectivity index (χ1v) is 11.0. The fourth-order valence-electron chi connectivity index (χ4n) is 4.19. The van der Waals surface area contributed by atoms with Gasteiger partial charge in [-0.25, -0.2) is 0 Å². The van der Waals surface area contributed by atoms with Crippen molar-refractivity contribution in [3.8, 4) is 5.75 Å². The first kappa shape index (κ1) is 21.7. The van der Waals surface area contributed by atoms with Crippen LogP contribution < -0.4 is 15.0 Å². The number of methoxy groups -OCH3 is 1. The molecule has 1 aromatic heterocycles. The van der Waals surface area contributed by atoms with Crippen LogP contribution in [0.2, 0.25) is 0 Å². The van der Waals surface area contributed by atoms with Gasteiger partial charge in [-0.15, -0.1) is 0 Å². The van der Waals surface area contributed by atoms with E-state index in [1.165, 1.54) is 16.5 Å². The predicted octanol–water partition coefficient (Wildman–Crippen LogP) is 3.14. The Morgan fingerprint density at radius 1 is 1.00 bits per heavy atom. The number of quaternary nitrogens is 1. The summed E-state index contributed by atoms with van der Waals surface area (Å²) >= 11 is 0. The smallest absolute Gasteiger partial charge is 0.275 e. The van der Waals surface area contributed by atoms with Crippen molar-refractivity contribution in [2.75, 3.05) is 27.2 Å². The van der Waals surface area contributed by atoms with Crippen LogP contribution in [0.3, 0.4) is 0 Å². The molecule has 1 unspecified atom stereocenters. The Morgan fingerprint density at radius 3 is 2.47 bits per heavy atom. The second kappa shape index (κ2) is 10.2. The number of fused-ring (bicyclic) bond motifs is 1. The van der Waals surface area contributed by atoms with Gasteiger partial charge in [0.2, 0.25) is 0 Å². The third-order valence-electron chi connectivity index (χ3n) is 5.83. The third-order valence-corrected chi connectivity index (χ3v) is 5.83. The number of H-pyrrole nitrogens is 1. The number of para-hydroxylation sites is 1. The maximum Gasteiger partial charge on any atom is 0.275 e. The topological polar surface area (TPSA) is 58.6 Å². The lowest BCUT2D eigenvalue weighted by molar-refractivity contribution is -0.885. The van der Waals surface area contributed by atoms with Crippen molar-refractivity contribution < 1.29 is 14.4 Å². The van der Waals surface area contributed by atoms with Gasteiger partial charge >= 0.3 is 0 Å². The molecule has 0 spiro atoms. The summed E-state index contributed by atoms with van der Waals surface area (Å²) in [5.74, 6) is 0.911. The highest BCUT2D eigenvalue weighted by Crippen LogP contribution is 2.31. The summed E-state index contributed by atoms with van der Waals surface area (Å²) in [5.41, 5.74) is 4.64. The van der Waals surface area contributed by atoms with Gasteiger partial charge < -0.3 is 19.9 Å². The minimum atomic E-state index is 0.0374. The Labute approximate surface area is 189 Å². The number of hydrogen-bond acceptors (Lipinski definition) is 2. The molecule has 5 nitrogen and oxygen atoms in total. The lowest BCUT2D eigenvalue weighted by atomic mass is 9.90. The summed E-state index contributed by atoms with van der Waals surface area (Å²) in [5, 5.41) is 4.35. The van der Waals surface area contributed by atoms with Gasteiger partial charge in [-0.05, 0) is 29.3 Å². The zero-order chi connectivity index (χ0) is 22.3. The number of hydrogen-bond donors (Lipinski definition) is 3. The number of carbonyl (C=O) groups is 1. The number of likely N-dealkylation sites (N-methyl/N-ethyl adjacent to an activating group) is 1. The molecule has 0 aliphatic rings. The van der Waals surface area contributed by atoms with Gasteiger partial charge in [0.15, 0.2) is 6.54 Å². The first-order chi connectivity index (χ1) is 15.6. The normalized spacial score (nSPS) is 12.9. The van der Waals surface area contributed by atoms with Crippen molar-refractivity contribution in [2.45, 2.75) is 12.5 Å². The maximum atomic E-state index is 12.8.